The van der Waals surface area contributed by atoms with Gasteiger partial charge in [-0.1, -0.05) is 6.92 Å². The van der Waals surface area contributed by atoms with Gasteiger partial charge in [-0.15, -0.1) is 0 Å². The van der Waals surface area contributed by atoms with Gasteiger partial charge in [0.1, 0.15) is 0 Å². The molecular formula is C12H24N2O2. The summed E-state index contributed by atoms with van der Waals surface area (Å²) in [5.41, 5.74) is 0. The maximum Gasteiger partial charge on any atom is 0.233 e. The van der Waals surface area contributed by atoms with Crippen molar-refractivity contribution in [3.63, 3.8) is 0 Å². The van der Waals surface area contributed by atoms with Gasteiger partial charge in [-0.2, -0.15) is 0 Å². The maximum absolute atomic E-state index is 11.3. The van der Waals surface area contributed by atoms with Gasteiger partial charge in [0.2, 0.25) is 5.91 Å². The average molecular weight is 228 g/mol. The van der Waals surface area contributed by atoms with Crippen LogP contribution in [0, 0.1) is 5.92 Å². The third kappa shape index (κ3) is 7.65. The van der Waals surface area contributed by atoms with Crippen LogP contribution in [0.1, 0.15) is 32.6 Å². The molecule has 0 spiro atoms. The zero-order valence-corrected chi connectivity index (χ0v) is 10.3. The molecule has 1 aliphatic rings. The lowest BCUT2D eigenvalue weighted by Crippen LogP contribution is -2.35. The Balaban J connectivity index is 1.78. The molecule has 2 N–H and O–H groups in total. The topological polar surface area (TPSA) is 50.4 Å². The second-order valence-corrected chi connectivity index (χ2v) is 4.39. The number of carbonyl (C=O) groups is 1. The van der Waals surface area contributed by atoms with E-state index in [2.05, 4.69) is 17.6 Å². The summed E-state index contributed by atoms with van der Waals surface area (Å²) < 4.78 is 5.32. The molecule has 1 rings (SSSR count). The monoisotopic (exact) mass is 228 g/mol. The average Bonchev–Trinajstić information content (AvgIpc) is 3.07. The van der Waals surface area contributed by atoms with Gasteiger partial charge in [0.15, 0.2) is 0 Å². The molecule has 0 aliphatic heterocycles. The van der Waals surface area contributed by atoms with E-state index >= 15 is 0 Å². The van der Waals surface area contributed by atoms with Crippen LogP contribution in [0.15, 0.2) is 0 Å². The summed E-state index contributed by atoms with van der Waals surface area (Å²) in [5, 5.41) is 6.04. The Morgan fingerprint density at radius 3 is 2.88 bits per heavy atom. The predicted molar refractivity (Wildman–Crippen MR) is 64.3 cm³/mol. The number of carbonyl (C=O) groups excluding carboxylic acids is 1. The van der Waals surface area contributed by atoms with Crippen molar-refractivity contribution in [3.05, 3.63) is 0 Å². The van der Waals surface area contributed by atoms with Crippen molar-refractivity contribution in [3.8, 4) is 0 Å². The van der Waals surface area contributed by atoms with E-state index in [9.17, 15) is 4.79 Å². The Bertz CT molecular complexity index is 193. The summed E-state index contributed by atoms with van der Waals surface area (Å²) in [5.74, 6) is 0.923. The summed E-state index contributed by atoms with van der Waals surface area (Å²) in [7, 11) is 0. The van der Waals surface area contributed by atoms with Crippen molar-refractivity contribution in [1.82, 2.24) is 10.6 Å². The number of ether oxygens (including phenoxy) is 1. The summed E-state index contributed by atoms with van der Waals surface area (Å²) in [6, 6.07) is 0. The van der Waals surface area contributed by atoms with Crippen LogP contribution in [0.4, 0.5) is 0 Å². The van der Waals surface area contributed by atoms with Crippen LogP contribution >= 0.6 is 0 Å². The second kappa shape index (κ2) is 8.53. The van der Waals surface area contributed by atoms with Crippen molar-refractivity contribution in [2.45, 2.75) is 32.6 Å². The van der Waals surface area contributed by atoms with Gasteiger partial charge in [0.05, 0.1) is 6.54 Å². The molecule has 0 unspecified atom stereocenters. The molecule has 4 nitrogen and oxygen atoms in total. The fourth-order valence-corrected chi connectivity index (χ4v) is 1.42. The van der Waals surface area contributed by atoms with E-state index in [4.69, 9.17) is 4.74 Å². The molecule has 1 aliphatic carbocycles. The lowest BCUT2D eigenvalue weighted by Gasteiger charge is -2.06. The van der Waals surface area contributed by atoms with E-state index in [1.165, 1.54) is 12.8 Å². The predicted octanol–water partition coefficient (Wildman–Crippen LogP) is 0.919. The van der Waals surface area contributed by atoms with Crippen LogP contribution in [0.2, 0.25) is 0 Å². The number of amides is 1. The Hall–Kier alpha value is -0.610. The SMILES string of the molecule is CCCOCCCNC(=O)CNCC1CC1. The summed E-state index contributed by atoms with van der Waals surface area (Å²) in [6.45, 7) is 5.81. The number of rotatable bonds is 10. The van der Waals surface area contributed by atoms with Gasteiger partial charge in [-0.3, -0.25) is 4.79 Å². The molecule has 0 aromatic rings. The van der Waals surface area contributed by atoms with Crippen molar-refractivity contribution in [2.24, 2.45) is 5.92 Å². The van der Waals surface area contributed by atoms with Crippen molar-refractivity contribution in [2.75, 3.05) is 32.8 Å². The first-order chi connectivity index (χ1) is 7.83. The molecular weight excluding hydrogens is 204 g/mol. The highest BCUT2D eigenvalue weighted by molar-refractivity contribution is 5.77. The summed E-state index contributed by atoms with van der Waals surface area (Å²) in [4.78, 5) is 11.3. The summed E-state index contributed by atoms with van der Waals surface area (Å²) >= 11 is 0. The van der Waals surface area contributed by atoms with E-state index in [-0.39, 0.29) is 5.91 Å². The van der Waals surface area contributed by atoms with Gasteiger partial charge >= 0.3 is 0 Å². The van der Waals surface area contributed by atoms with Crippen molar-refractivity contribution in [1.29, 1.82) is 0 Å². The van der Waals surface area contributed by atoms with Crippen molar-refractivity contribution >= 4 is 5.91 Å². The quantitative estimate of drug-likeness (QED) is 0.547. The minimum absolute atomic E-state index is 0.0936. The third-order valence-electron chi connectivity index (χ3n) is 2.55. The molecule has 0 aromatic carbocycles. The molecule has 16 heavy (non-hydrogen) atoms. The first-order valence-electron chi connectivity index (χ1n) is 6.38. The zero-order valence-electron chi connectivity index (χ0n) is 10.3. The molecule has 0 heterocycles. The number of hydrogen-bond donors (Lipinski definition) is 2. The molecule has 1 saturated carbocycles. The van der Waals surface area contributed by atoms with Crippen LogP contribution in [0.3, 0.4) is 0 Å². The molecule has 0 bridgehead atoms. The highest BCUT2D eigenvalue weighted by Crippen LogP contribution is 2.27. The fraction of sp³-hybridized carbons (Fsp3) is 0.917. The van der Waals surface area contributed by atoms with E-state index in [0.717, 1.165) is 38.5 Å². The molecule has 0 atom stereocenters. The van der Waals surface area contributed by atoms with E-state index in [0.29, 0.717) is 13.1 Å². The first kappa shape index (κ1) is 13.5. The highest BCUT2D eigenvalue weighted by Gasteiger charge is 2.20. The standard InChI is InChI=1S/C12H24N2O2/c1-2-7-16-8-3-6-14-12(15)10-13-9-11-4-5-11/h11,13H,2-10H2,1H3,(H,14,15). The maximum atomic E-state index is 11.3. The minimum atomic E-state index is 0.0936. The van der Waals surface area contributed by atoms with Crippen LogP contribution in [0.5, 0.6) is 0 Å². The van der Waals surface area contributed by atoms with Gasteiger partial charge in [-0.25, -0.2) is 0 Å². The molecule has 1 fully saturated rings. The van der Waals surface area contributed by atoms with E-state index in [1.807, 2.05) is 0 Å². The fourth-order valence-electron chi connectivity index (χ4n) is 1.42. The van der Waals surface area contributed by atoms with Gasteiger partial charge in [-0.05, 0) is 38.1 Å². The molecule has 94 valence electrons. The van der Waals surface area contributed by atoms with Crippen molar-refractivity contribution < 1.29 is 9.53 Å². The zero-order chi connectivity index (χ0) is 11.6. The van der Waals surface area contributed by atoms with Crippen LogP contribution in [-0.2, 0) is 9.53 Å². The van der Waals surface area contributed by atoms with Gasteiger partial charge < -0.3 is 15.4 Å². The van der Waals surface area contributed by atoms with E-state index < -0.39 is 0 Å². The summed E-state index contributed by atoms with van der Waals surface area (Å²) in [6.07, 6.45) is 4.60. The Labute approximate surface area is 98.1 Å². The molecule has 0 aromatic heterocycles. The second-order valence-electron chi connectivity index (χ2n) is 4.39. The van der Waals surface area contributed by atoms with Gasteiger partial charge in [0.25, 0.3) is 0 Å². The third-order valence-corrected chi connectivity index (χ3v) is 2.55. The Morgan fingerprint density at radius 2 is 2.19 bits per heavy atom. The molecule has 0 radical (unpaired) electrons. The molecule has 1 amide bonds. The Morgan fingerprint density at radius 1 is 1.38 bits per heavy atom. The normalized spacial score (nSPS) is 15.1. The number of nitrogens with one attached hydrogen (secondary N) is 2. The highest BCUT2D eigenvalue weighted by atomic mass is 16.5. The lowest BCUT2D eigenvalue weighted by molar-refractivity contribution is -0.120. The number of hydrogen-bond acceptors (Lipinski definition) is 3. The van der Waals surface area contributed by atoms with Crippen LogP contribution in [0.25, 0.3) is 0 Å². The van der Waals surface area contributed by atoms with E-state index in [1.54, 1.807) is 0 Å². The largest absolute Gasteiger partial charge is 0.381 e. The van der Waals surface area contributed by atoms with Crippen LogP contribution in [-0.4, -0.2) is 38.8 Å². The van der Waals surface area contributed by atoms with Crippen LogP contribution < -0.4 is 10.6 Å². The minimum Gasteiger partial charge on any atom is -0.381 e. The Kier molecular flexibility index (Phi) is 7.17. The molecule has 4 heteroatoms. The van der Waals surface area contributed by atoms with Gasteiger partial charge in [0, 0.05) is 19.8 Å². The molecule has 0 saturated heterocycles. The smallest absolute Gasteiger partial charge is 0.233 e. The lowest BCUT2D eigenvalue weighted by atomic mass is 10.4. The first-order valence-corrected chi connectivity index (χ1v) is 6.38.